The van der Waals surface area contributed by atoms with E-state index in [2.05, 4.69) is 5.32 Å². The van der Waals surface area contributed by atoms with Gasteiger partial charge in [0.05, 0.1) is 0 Å². The summed E-state index contributed by atoms with van der Waals surface area (Å²) in [6.07, 6.45) is -4.39. The largest absolute Gasteiger partial charge is 0.407 e. The first-order chi connectivity index (χ1) is 7.33. The standard InChI is InChI=1S/C11H15F3N2/c1-10(15,11(12,13)14)8-16-7-9-5-3-2-4-6-9/h2-6,16H,7-8,15H2,1H3. The third-order valence-corrected chi connectivity index (χ3v) is 2.31. The Kier molecular flexibility index (Phi) is 3.93. The molecule has 0 saturated carbocycles. The van der Waals surface area contributed by atoms with Gasteiger partial charge in [0.15, 0.2) is 0 Å². The first-order valence-corrected chi connectivity index (χ1v) is 4.93. The second kappa shape index (κ2) is 4.84. The van der Waals surface area contributed by atoms with Crippen LogP contribution in [0.15, 0.2) is 30.3 Å². The van der Waals surface area contributed by atoms with E-state index < -0.39 is 11.7 Å². The van der Waals surface area contributed by atoms with Crippen molar-refractivity contribution in [3.05, 3.63) is 35.9 Å². The van der Waals surface area contributed by atoms with E-state index in [1.165, 1.54) is 0 Å². The predicted molar refractivity (Wildman–Crippen MR) is 56.8 cm³/mol. The van der Waals surface area contributed by atoms with E-state index in [0.29, 0.717) is 6.54 Å². The smallest absolute Gasteiger partial charge is 0.317 e. The van der Waals surface area contributed by atoms with E-state index in [-0.39, 0.29) is 6.54 Å². The van der Waals surface area contributed by atoms with Gasteiger partial charge in [0.25, 0.3) is 0 Å². The van der Waals surface area contributed by atoms with Crippen LogP contribution in [0.2, 0.25) is 0 Å². The summed E-state index contributed by atoms with van der Waals surface area (Å²) in [5.41, 5.74) is 3.91. The summed E-state index contributed by atoms with van der Waals surface area (Å²) < 4.78 is 37.2. The molecule has 2 nitrogen and oxygen atoms in total. The fourth-order valence-corrected chi connectivity index (χ4v) is 1.16. The summed E-state index contributed by atoms with van der Waals surface area (Å²) in [6.45, 7) is 1.06. The highest BCUT2D eigenvalue weighted by Gasteiger charge is 2.47. The number of halogens is 3. The minimum absolute atomic E-state index is 0.300. The summed E-state index contributed by atoms with van der Waals surface area (Å²) in [4.78, 5) is 0. The van der Waals surface area contributed by atoms with Crippen molar-refractivity contribution in [3.63, 3.8) is 0 Å². The molecule has 5 heteroatoms. The van der Waals surface area contributed by atoms with Crippen LogP contribution in [0.5, 0.6) is 0 Å². The molecule has 0 heterocycles. The van der Waals surface area contributed by atoms with Gasteiger partial charge in [0, 0.05) is 13.1 Å². The van der Waals surface area contributed by atoms with Crippen LogP contribution < -0.4 is 11.1 Å². The molecule has 0 aliphatic heterocycles. The second-order valence-corrected chi connectivity index (χ2v) is 4.00. The Morgan fingerprint density at radius 2 is 1.75 bits per heavy atom. The molecule has 0 spiro atoms. The molecule has 1 unspecified atom stereocenters. The van der Waals surface area contributed by atoms with Gasteiger partial charge in [-0.3, -0.25) is 0 Å². The molecule has 0 radical (unpaired) electrons. The average molecular weight is 232 g/mol. The quantitative estimate of drug-likeness (QED) is 0.833. The van der Waals surface area contributed by atoms with Crippen molar-refractivity contribution in [1.82, 2.24) is 5.32 Å². The van der Waals surface area contributed by atoms with Gasteiger partial charge >= 0.3 is 6.18 Å². The Morgan fingerprint density at radius 3 is 2.25 bits per heavy atom. The van der Waals surface area contributed by atoms with Crippen molar-refractivity contribution in [2.75, 3.05) is 6.54 Å². The fourth-order valence-electron chi connectivity index (χ4n) is 1.16. The topological polar surface area (TPSA) is 38.0 Å². The number of alkyl halides is 3. The molecule has 90 valence electrons. The van der Waals surface area contributed by atoms with E-state index >= 15 is 0 Å². The number of nitrogens with two attached hydrogens (primary N) is 1. The minimum atomic E-state index is -4.39. The van der Waals surface area contributed by atoms with Crippen LogP contribution in [0.4, 0.5) is 13.2 Å². The zero-order chi connectivity index (χ0) is 12.2. The van der Waals surface area contributed by atoms with Crippen LogP contribution in [0.1, 0.15) is 12.5 Å². The zero-order valence-corrected chi connectivity index (χ0v) is 9.01. The van der Waals surface area contributed by atoms with E-state index in [1.54, 1.807) is 0 Å². The van der Waals surface area contributed by atoms with Gasteiger partial charge in [-0.25, -0.2) is 0 Å². The lowest BCUT2D eigenvalue weighted by atomic mass is 10.0. The minimum Gasteiger partial charge on any atom is -0.317 e. The Hall–Kier alpha value is -1.07. The summed E-state index contributed by atoms with van der Waals surface area (Å²) >= 11 is 0. The Morgan fingerprint density at radius 1 is 1.19 bits per heavy atom. The summed E-state index contributed by atoms with van der Waals surface area (Å²) in [7, 11) is 0. The molecule has 0 fully saturated rings. The Balaban J connectivity index is 2.42. The van der Waals surface area contributed by atoms with Gasteiger partial charge < -0.3 is 11.1 Å². The second-order valence-electron chi connectivity index (χ2n) is 4.00. The first kappa shape index (κ1) is 13.0. The van der Waals surface area contributed by atoms with E-state index in [9.17, 15) is 13.2 Å². The molecule has 1 aromatic carbocycles. The van der Waals surface area contributed by atoms with Crippen LogP contribution in [0.3, 0.4) is 0 Å². The number of hydrogen-bond acceptors (Lipinski definition) is 2. The molecule has 16 heavy (non-hydrogen) atoms. The molecular weight excluding hydrogens is 217 g/mol. The number of benzene rings is 1. The van der Waals surface area contributed by atoms with Gasteiger partial charge in [-0.2, -0.15) is 13.2 Å². The lowest BCUT2D eigenvalue weighted by molar-refractivity contribution is -0.179. The van der Waals surface area contributed by atoms with Crippen LogP contribution in [-0.4, -0.2) is 18.3 Å². The summed E-state index contributed by atoms with van der Waals surface area (Å²) in [5.74, 6) is 0. The van der Waals surface area contributed by atoms with Gasteiger partial charge in [-0.1, -0.05) is 30.3 Å². The molecular formula is C11H15F3N2. The molecule has 1 aromatic rings. The van der Waals surface area contributed by atoms with Crippen LogP contribution in [-0.2, 0) is 6.54 Å². The van der Waals surface area contributed by atoms with Crippen molar-refractivity contribution in [3.8, 4) is 0 Å². The molecule has 0 aliphatic carbocycles. The molecule has 1 rings (SSSR count). The SMILES string of the molecule is CC(N)(CNCc1ccccc1)C(F)(F)F. The highest BCUT2D eigenvalue weighted by molar-refractivity contribution is 5.14. The van der Waals surface area contributed by atoms with Crippen molar-refractivity contribution >= 4 is 0 Å². The van der Waals surface area contributed by atoms with Gasteiger partial charge in [0.1, 0.15) is 5.54 Å². The van der Waals surface area contributed by atoms with Crippen molar-refractivity contribution in [2.24, 2.45) is 5.73 Å². The van der Waals surface area contributed by atoms with Gasteiger partial charge in [0.2, 0.25) is 0 Å². The third-order valence-electron chi connectivity index (χ3n) is 2.31. The van der Waals surface area contributed by atoms with Crippen LogP contribution in [0, 0.1) is 0 Å². The lowest BCUT2D eigenvalue weighted by Gasteiger charge is -2.27. The van der Waals surface area contributed by atoms with Crippen LogP contribution in [0.25, 0.3) is 0 Å². The summed E-state index contributed by atoms with van der Waals surface area (Å²) in [5, 5.41) is 2.70. The summed E-state index contributed by atoms with van der Waals surface area (Å²) in [6, 6.07) is 9.21. The van der Waals surface area contributed by atoms with Crippen molar-refractivity contribution in [1.29, 1.82) is 0 Å². The fraction of sp³-hybridized carbons (Fsp3) is 0.455. The van der Waals surface area contributed by atoms with Crippen molar-refractivity contribution < 1.29 is 13.2 Å². The third kappa shape index (κ3) is 3.50. The Labute approximate surface area is 92.6 Å². The van der Waals surface area contributed by atoms with E-state index in [1.807, 2.05) is 30.3 Å². The van der Waals surface area contributed by atoms with E-state index in [0.717, 1.165) is 12.5 Å². The van der Waals surface area contributed by atoms with Crippen molar-refractivity contribution in [2.45, 2.75) is 25.2 Å². The molecule has 3 N–H and O–H groups in total. The number of rotatable bonds is 4. The molecule has 0 aromatic heterocycles. The molecule has 0 saturated heterocycles. The lowest BCUT2D eigenvalue weighted by Crippen LogP contribution is -2.57. The van der Waals surface area contributed by atoms with E-state index in [4.69, 9.17) is 5.73 Å². The molecule has 0 aliphatic rings. The van der Waals surface area contributed by atoms with Gasteiger partial charge in [-0.05, 0) is 12.5 Å². The maximum Gasteiger partial charge on any atom is 0.407 e. The molecule has 0 bridgehead atoms. The Bertz CT molecular complexity index is 320. The number of hydrogen-bond donors (Lipinski definition) is 2. The van der Waals surface area contributed by atoms with Crippen LogP contribution >= 0.6 is 0 Å². The van der Waals surface area contributed by atoms with Gasteiger partial charge in [-0.15, -0.1) is 0 Å². The zero-order valence-electron chi connectivity index (χ0n) is 9.01. The first-order valence-electron chi connectivity index (χ1n) is 4.93. The highest BCUT2D eigenvalue weighted by atomic mass is 19.4. The maximum atomic E-state index is 12.4. The normalized spacial score (nSPS) is 15.8. The maximum absolute atomic E-state index is 12.4. The predicted octanol–water partition coefficient (Wildman–Crippen LogP) is 2.06. The number of nitrogens with one attached hydrogen (secondary N) is 1. The highest BCUT2D eigenvalue weighted by Crippen LogP contribution is 2.27. The monoisotopic (exact) mass is 232 g/mol. The molecule has 1 atom stereocenters. The molecule has 0 amide bonds. The average Bonchev–Trinajstić information content (AvgIpc) is 2.17.